The van der Waals surface area contributed by atoms with Crippen LogP contribution in [0.5, 0.6) is 0 Å². The van der Waals surface area contributed by atoms with E-state index in [0.717, 1.165) is 89.9 Å². The highest BCUT2D eigenvalue weighted by Gasteiger charge is 2.21. The fraction of sp³-hybridized carbons (Fsp3) is 0.0714. The molecule has 0 bridgehead atoms. The van der Waals surface area contributed by atoms with Gasteiger partial charge in [0.1, 0.15) is 11.4 Å². The first-order valence-electron chi connectivity index (χ1n) is 20.7. The van der Waals surface area contributed by atoms with Crippen LogP contribution in [0, 0.1) is 0 Å². The van der Waals surface area contributed by atoms with Gasteiger partial charge in [0.05, 0.1) is 0 Å². The van der Waals surface area contributed by atoms with Crippen LogP contribution >= 0.6 is 0 Å². The zero-order valence-electron chi connectivity index (χ0n) is 35.2. The summed E-state index contributed by atoms with van der Waals surface area (Å²) in [7, 11) is 8.17. The minimum Gasteiger partial charge on any atom is -0.435 e. The topological polar surface area (TPSA) is 58.5 Å². The molecule has 0 aliphatic carbocycles. The van der Waals surface area contributed by atoms with Gasteiger partial charge in [0.15, 0.2) is 11.5 Å². The Morgan fingerprint density at radius 1 is 0.355 bits per heavy atom. The normalized spacial score (nSPS) is 11.4. The molecule has 6 nitrogen and oxygen atoms in total. The standard InChI is InChI=1S/C56H46N4O2/c1-59(2)47-35-31-43(32-36-47)51-53(45-17-7-5-8-18-45)61-55(57-51)49-21-13-11-15-41(49)29-27-39-23-25-40(26-24-39)28-30-42-16-12-14-22-50(42)56-58-52(44-33-37-48(38-34-44)60(3)4)54(62-56)46-19-9-6-10-20-46/h5-38H,1-4H3/b29-27+,30-28?. The van der Waals surface area contributed by atoms with Gasteiger partial charge in [-0.25, -0.2) is 9.97 Å². The van der Waals surface area contributed by atoms with Crippen LogP contribution < -0.4 is 9.80 Å². The molecule has 0 radical (unpaired) electrons. The predicted octanol–water partition coefficient (Wildman–Crippen LogP) is 14.1. The Kier molecular flexibility index (Phi) is 11.3. The van der Waals surface area contributed by atoms with Crippen LogP contribution in [0.15, 0.2) is 191 Å². The third kappa shape index (κ3) is 8.53. The van der Waals surface area contributed by atoms with Gasteiger partial charge >= 0.3 is 0 Å². The summed E-state index contributed by atoms with van der Waals surface area (Å²) in [4.78, 5) is 14.4. The van der Waals surface area contributed by atoms with Gasteiger partial charge in [0.25, 0.3) is 0 Å². The van der Waals surface area contributed by atoms with Crippen molar-refractivity contribution in [2.75, 3.05) is 38.0 Å². The van der Waals surface area contributed by atoms with Crippen molar-refractivity contribution in [2.45, 2.75) is 0 Å². The number of rotatable bonds is 12. The molecule has 0 aliphatic heterocycles. The van der Waals surface area contributed by atoms with Crippen LogP contribution in [0.25, 0.3) is 92.4 Å². The lowest BCUT2D eigenvalue weighted by atomic mass is 10.0. The van der Waals surface area contributed by atoms with Crippen molar-refractivity contribution >= 4 is 35.7 Å². The minimum atomic E-state index is 0.576. The highest BCUT2D eigenvalue weighted by Crippen LogP contribution is 2.39. The van der Waals surface area contributed by atoms with E-state index in [9.17, 15) is 0 Å². The van der Waals surface area contributed by atoms with Crippen molar-refractivity contribution in [3.8, 4) is 68.1 Å². The molecule has 0 fully saturated rings. The number of hydrogen-bond acceptors (Lipinski definition) is 6. The monoisotopic (exact) mass is 806 g/mol. The van der Waals surface area contributed by atoms with E-state index < -0.39 is 0 Å². The molecule has 0 atom stereocenters. The highest BCUT2D eigenvalue weighted by molar-refractivity contribution is 5.85. The van der Waals surface area contributed by atoms with Crippen LogP contribution in [-0.4, -0.2) is 38.2 Å². The minimum absolute atomic E-state index is 0.576. The molecule has 2 aromatic heterocycles. The van der Waals surface area contributed by atoms with Crippen molar-refractivity contribution in [3.05, 3.63) is 204 Å². The lowest BCUT2D eigenvalue weighted by Crippen LogP contribution is -2.07. The van der Waals surface area contributed by atoms with Crippen molar-refractivity contribution in [1.82, 2.24) is 9.97 Å². The molecule has 0 amide bonds. The van der Waals surface area contributed by atoms with E-state index in [0.29, 0.717) is 11.8 Å². The molecule has 0 unspecified atom stereocenters. The molecule has 302 valence electrons. The molecule has 0 spiro atoms. The van der Waals surface area contributed by atoms with Crippen molar-refractivity contribution in [1.29, 1.82) is 0 Å². The number of hydrogen-bond donors (Lipinski definition) is 0. The van der Waals surface area contributed by atoms with E-state index in [4.69, 9.17) is 18.8 Å². The zero-order chi connectivity index (χ0) is 42.4. The molecule has 9 aromatic rings. The maximum Gasteiger partial charge on any atom is 0.227 e. The Morgan fingerprint density at radius 3 is 1.08 bits per heavy atom. The number of nitrogens with zero attached hydrogens (tertiary/aromatic N) is 4. The molecule has 0 aliphatic rings. The third-order valence-electron chi connectivity index (χ3n) is 10.9. The van der Waals surface area contributed by atoms with Crippen LogP contribution in [0.2, 0.25) is 0 Å². The lowest BCUT2D eigenvalue weighted by Gasteiger charge is -2.12. The highest BCUT2D eigenvalue weighted by atomic mass is 16.4. The largest absolute Gasteiger partial charge is 0.435 e. The average Bonchev–Trinajstić information content (AvgIpc) is 3.98. The molecule has 0 saturated heterocycles. The SMILES string of the molecule is CN(C)c1ccc(-c2nc(-c3ccccc3C=Cc3ccc(/C=C/c4ccccc4-c4nc(-c5ccc(N(C)C)cc5)c(-c5ccccc5)o4)cc3)oc2-c2ccccc2)cc1. The van der Waals surface area contributed by atoms with Crippen LogP contribution in [-0.2, 0) is 0 Å². The summed E-state index contributed by atoms with van der Waals surface area (Å²) in [5, 5.41) is 0. The Balaban J connectivity index is 0.967. The first kappa shape index (κ1) is 39.5. The number of benzene rings is 7. The van der Waals surface area contributed by atoms with Gasteiger partial charge in [-0.15, -0.1) is 0 Å². The molecular formula is C56H46N4O2. The summed E-state index contributed by atoms with van der Waals surface area (Å²) in [6, 6.07) is 62.2. The van der Waals surface area contributed by atoms with Crippen LogP contribution in [0.3, 0.4) is 0 Å². The Labute approximate surface area is 363 Å². The summed E-state index contributed by atoms with van der Waals surface area (Å²) < 4.78 is 13.2. The van der Waals surface area contributed by atoms with Crippen molar-refractivity contribution < 1.29 is 8.83 Å². The van der Waals surface area contributed by atoms with E-state index >= 15 is 0 Å². The van der Waals surface area contributed by atoms with E-state index in [2.05, 4.69) is 155 Å². The second kappa shape index (κ2) is 17.7. The fourth-order valence-electron chi connectivity index (χ4n) is 7.43. The quantitative estimate of drug-likeness (QED) is 0.115. The lowest BCUT2D eigenvalue weighted by molar-refractivity contribution is 0.588. The number of aromatic nitrogens is 2. The van der Waals surface area contributed by atoms with Crippen LogP contribution in [0.4, 0.5) is 11.4 Å². The molecule has 6 heteroatoms. The summed E-state index contributed by atoms with van der Waals surface area (Å²) in [6.45, 7) is 0. The van der Waals surface area contributed by atoms with E-state index in [1.807, 2.05) is 88.9 Å². The molecule has 0 saturated carbocycles. The van der Waals surface area contributed by atoms with E-state index in [1.54, 1.807) is 0 Å². The molecule has 2 heterocycles. The smallest absolute Gasteiger partial charge is 0.227 e. The number of oxazole rings is 2. The summed E-state index contributed by atoms with van der Waals surface area (Å²) >= 11 is 0. The van der Waals surface area contributed by atoms with E-state index in [1.165, 1.54) is 0 Å². The van der Waals surface area contributed by atoms with Gasteiger partial charge in [-0.2, -0.15) is 0 Å². The predicted molar refractivity (Wildman–Crippen MR) is 259 cm³/mol. The van der Waals surface area contributed by atoms with Gasteiger partial charge in [-0.05, 0) is 58.7 Å². The van der Waals surface area contributed by atoms with Gasteiger partial charge in [-0.1, -0.05) is 170 Å². The molecule has 62 heavy (non-hydrogen) atoms. The van der Waals surface area contributed by atoms with Gasteiger partial charge < -0.3 is 18.6 Å². The molecule has 7 aromatic carbocycles. The fourth-order valence-corrected chi connectivity index (χ4v) is 7.43. The van der Waals surface area contributed by atoms with Crippen LogP contribution in [0.1, 0.15) is 22.3 Å². The van der Waals surface area contributed by atoms with Gasteiger partial charge in [0, 0.05) is 72.9 Å². The maximum absolute atomic E-state index is 6.61. The van der Waals surface area contributed by atoms with Gasteiger partial charge in [0.2, 0.25) is 11.8 Å². The second-order valence-electron chi connectivity index (χ2n) is 15.5. The molecular weight excluding hydrogens is 761 g/mol. The molecule has 0 N–H and O–H groups in total. The molecule has 9 rings (SSSR count). The van der Waals surface area contributed by atoms with Gasteiger partial charge in [-0.3, -0.25) is 0 Å². The summed E-state index contributed by atoms with van der Waals surface area (Å²) in [6.07, 6.45) is 8.50. The first-order valence-corrected chi connectivity index (χ1v) is 20.7. The Bertz CT molecular complexity index is 2770. The Hall–Kier alpha value is -7.96. The maximum atomic E-state index is 6.61. The van der Waals surface area contributed by atoms with Crippen molar-refractivity contribution in [2.24, 2.45) is 0 Å². The number of anilines is 2. The van der Waals surface area contributed by atoms with E-state index in [-0.39, 0.29) is 0 Å². The van der Waals surface area contributed by atoms with Crippen molar-refractivity contribution in [3.63, 3.8) is 0 Å². The Morgan fingerprint density at radius 2 is 0.710 bits per heavy atom. The second-order valence-corrected chi connectivity index (χ2v) is 15.5. The summed E-state index contributed by atoms with van der Waals surface area (Å²) in [5.41, 5.74) is 13.9. The zero-order valence-corrected chi connectivity index (χ0v) is 35.2. The summed E-state index contributed by atoms with van der Waals surface area (Å²) in [5.74, 6) is 2.65. The average molecular weight is 807 g/mol. The third-order valence-corrected chi connectivity index (χ3v) is 10.9. The first-order chi connectivity index (χ1) is 30.4.